The number of fused-ring (bicyclic) bond motifs is 2. The zero-order valence-corrected chi connectivity index (χ0v) is 18.1. The van der Waals surface area contributed by atoms with Gasteiger partial charge in [-0.05, 0) is 29.3 Å². The van der Waals surface area contributed by atoms with Crippen molar-refractivity contribution in [1.29, 1.82) is 0 Å². The van der Waals surface area contributed by atoms with E-state index in [-0.39, 0.29) is 18.1 Å². The zero-order valence-electron chi connectivity index (χ0n) is 17.3. The lowest BCUT2D eigenvalue weighted by molar-refractivity contribution is -0.116. The van der Waals surface area contributed by atoms with Crippen molar-refractivity contribution in [2.24, 2.45) is 7.05 Å². The van der Waals surface area contributed by atoms with Crippen molar-refractivity contribution < 1.29 is 18.7 Å². The molecule has 5 rings (SSSR count). The summed E-state index contributed by atoms with van der Waals surface area (Å²) in [5.74, 6) is 1.02. The topological polar surface area (TPSA) is 82.5 Å². The van der Waals surface area contributed by atoms with Crippen LogP contribution in [0.25, 0.3) is 0 Å². The van der Waals surface area contributed by atoms with E-state index in [0.29, 0.717) is 52.6 Å². The van der Waals surface area contributed by atoms with Gasteiger partial charge in [-0.2, -0.15) is 4.98 Å². The van der Waals surface area contributed by atoms with E-state index in [1.807, 2.05) is 12.1 Å². The Morgan fingerprint density at radius 1 is 1.16 bits per heavy atom. The van der Waals surface area contributed by atoms with Crippen LogP contribution in [0.4, 0.5) is 10.2 Å². The number of hydrogen-bond acceptors (Lipinski definition) is 6. The van der Waals surface area contributed by atoms with Crippen LogP contribution in [0.5, 0.6) is 11.5 Å². The maximum atomic E-state index is 14.0. The highest BCUT2D eigenvalue weighted by atomic mass is 32.2. The van der Waals surface area contributed by atoms with Crippen LogP contribution >= 0.6 is 11.8 Å². The Hall–Kier alpha value is -3.33. The Labute approximate surface area is 187 Å². The van der Waals surface area contributed by atoms with Crippen LogP contribution in [-0.4, -0.2) is 28.7 Å². The molecular weight excluding hydrogens is 433 g/mol. The summed E-state index contributed by atoms with van der Waals surface area (Å²) in [6.45, 7) is 0.933. The fourth-order valence-corrected chi connectivity index (χ4v) is 4.93. The molecule has 2 aliphatic heterocycles. The number of nitrogens with zero attached hydrogens (tertiary/aromatic N) is 2. The second kappa shape index (κ2) is 8.31. The van der Waals surface area contributed by atoms with Crippen LogP contribution in [0.1, 0.15) is 29.0 Å². The summed E-state index contributed by atoms with van der Waals surface area (Å²) < 4.78 is 26.9. The van der Waals surface area contributed by atoms with Gasteiger partial charge in [0, 0.05) is 25.1 Å². The van der Waals surface area contributed by atoms with Crippen molar-refractivity contribution in [1.82, 2.24) is 9.55 Å². The smallest absolute Gasteiger partial charge is 0.279 e. The molecule has 32 heavy (non-hydrogen) atoms. The Bertz CT molecular complexity index is 1280. The Balaban J connectivity index is 1.51. The monoisotopic (exact) mass is 453 g/mol. The molecule has 0 saturated carbocycles. The predicted octanol–water partition coefficient (Wildman–Crippen LogP) is 3.46. The minimum absolute atomic E-state index is 0.130. The number of thioether (sulfide) groups is 1. The lowest BCUT2D eigenvalue weighted by Crippen LogP contribution is -2.33. The van der Waals surface area contributed by atoms with Gasteiger partial charge in [0.2, 0.25) is 5.91 Å². The summed E-state index contributed by atoms with van der Waals surface area (Å²) in [5, 5.41) is 3.22. The molecule has 9 heteroatoms. The van der Waals surface area contributed by atoms with Crippen LogP contribution in [0.15, 0.2) is 52.4 Å². The molecule has 0 bridgehead atoms. The molecule has 0 unspecified atom stereocenters. The van der Waals surface area contributed by atoms with Gasteiger partial charge in [0.05, 0.1) is 5.56 Å². The van der Waals surface area contributed by atoms with Gasteiger partial charge >= 0.3 is 0 Å². The van der Waals surface area contributed by atoms with Gasteiger partial charge in [-0.1, -0.05) is 36.0 Å². The van der Waals surface area contributed by atoms with Crippen LogP contribution in [0, 0.1) is 5.82 Å². The highest BCUT2D eigenvalue weighted by Crippen LogP contribution is 2.40. The van der Waals surface area contributed by atoms with Crippen molar-refractivity contribution in [3.8, 4) is 11.5 Å². The highest BCUT2D eigenvalue weighted by Gasteiger charge is 2.33. The van der Waals surface area contributed by atoms with Gasteiger partial charge < -0.3 is 19.4 Å². The van der Waals surface area contributed by atoms with E-state index in [9.17, 15) is 14.0 Å². The third kappa shape index (κ3) is 3.73. The first-order valence-corrected chi connectivity index (χ1v) is 11.2. The average molecular weight is 453 g/mol. The molecule has 7 nitrogen and oxygen atoms in total. The van der Waals surface area contributed by atoms with Crippen LogP contribution in [0.2, 0.25) is 0 Å². The number of rotatable bonds is 4. The molecule has 0 fully saturated rings. The molecule has 3 aromatic rings. The molecule has 0 aliphatic carbocycles. The number of aromatic nitrogens is 2. The van der Waals surface area contributed by atoms with E-state index in [1.54, 1.807) is 35.9 Å². The van der Waals surface area contributed by atoms with E-state index in [1.165, 1.54) is 17.8 Å². The van der Waals surface area contributed by atoms with Gasteiger partial charge in [0.25, 0.3) is 5.56 Å². The molecule has 1 amide bonds. The molecule has 1 aromatic heterocycles. The normalized spacial score (nSPS) is 16.9. The minimum Gasteiger partial charge on any atom is -0.486 e. The fourth-order valence-electron chi connectivity index (χ4n) is 3.98. The van der Waals surface area contributed by atoms with Gasteiger partial charge in [-0.15, -0.1) is 0 Å². The lowest BCUT2D eigenvalue weighted by Gasteiger charge is -2.28. The molecule has 3 heterocycles. The summed E-state index contributed by atoms with van der Waals surface area (Å²) in [6.07, 6.45) is 0.130. The van der Waals surface area contributed by atoms with Crippen LogP contribution in [0.3, 0.4) is 0 Å². The van der Waals surface area contributed by atoms with Crippen molar-refractivity contribution in [3.63, 3.8) is 0 Å². The second-order valence-corrected chi connectivity index (χ2v) is 8.55. The third-order valence-corrected chi connectivity index (χ3v) is 6.66. The largest absolute Gasteiger partial charge is 0.486 e. The summed E-state index contributed by atoms with van der Waals surface area (Å²) in [6, 6.07) is 11.9. The number of carbonyl (C=O) groups excluding carboxylic acids is 1. The van der Waals surface area contributed by atoms with Gasteiger partial charge in [0.1, 0.15) is 24.8 Å². The number of hydrogen-bond donors (Lipinski definition) is 1. The number of anilines is 1. The van der Waals surface area contributed by atoms with Gasteiger partial charge in [0.15, 0.2) is 16.7 Å². The average Bonchev–Trinajstić information content (AvgIpc) is 2.80. The summed E-state index contributed by atoms with van der Waals surface area (Å²) >= 11 is 1.24. The molecule has 2 aliphatic rings. The standard InChI is InChI=1S/C23H20FN3O4S/c1-27-21-20(22(29)26-23(27)32-12-14-4-2-3-5-16(14)24)15(11-19(28)25-21)13-6-7-17-18(10-13)31-9-8-30-17/h2-7,10,15H,8-9,11-12H2,1H3,(H,25,28)/t15-/m0/s1. The first-order valence-electron chi connectivity index (χ1n) is 10.2. The first kappa shape index (κ1) is 20.6. The highest BCUT2D eigenvalue weighted by molar-refractivity contribution is 7.98. The van der Waals surface area contributed by atoms with Gasteiger partial charge in [-0.25, -0.2) is 4.39 Å². The van der Waals surface area contributed by atoms with Crippen molar-refractivity contribution in [2.45, 2.75) is 23.2 Å². The van der Waals surface area contributed by atoms with Crippen molar-refractivity contribution >= 4 is 23.5 Å². The maximum Gasteiger partial charge on any atom is 0.279 e. The SMILES string of the molecule is Cn1c(SCc2ccccc2F)nc(=O)c2c1NC(=O)C[C@H]2c1ccc2c(c1)OCCO2. The number of ether oxygens (including phenoxy) is 2. The van der Waals surface area contributed by atoms with E-state index >= 15 is 0 Å². The van der Waals surface area contributed by atoms with E-state index in [4.69, 9.17) is 9.47 Å². The molecule has 0 saturated heterocycles. The first-order chi connectivity index (χ1) is 15.5. The molecule has 2 aromatic carbocycles. The Kier molecular flexibility index (Phi) is 5.34. The zero-order chi connectivity index (χ0) is 22.2. The number of carbonyl (C=O) groups is 1. The fraction of sp³-hybridized carbons (Fsp3) is 0.261. The summed E-state index contributed by atoms with van der Waals surface area (Å²) in [5.41, 5.74) is 1.33. The third-order valence-electron chi connectivity index (χ3n) is 5.58. The molecule has 164 valence electrons. The molecule has 1 atom stereocenters. The minimum atomic E-state index is -0.452. The Morgan fingerprint density at radius 3 is 2.75 bits per heavy atom. The van der Waals surface area contributed by atoms with Gasteiger partial charge in [-0.3, -0.25) is 9.59 Å². The number of amides is 1. The summed E-state index contributed by atoms with van der Waals surface area (Å²) in [7, 11) is 1.74. The van der Waals surface area contributed by atoms with E-state index in [2.05, 4.69) is 10.3 Å². The van der Waals surface area contributed by atoms with E-state index < -0.39 is 11.5 Å². The molecule has 0 radical (unpaired) electrons. The van der Waals surface area contributed by atoms with Crippen molar-refractivity contribution in [2.75, 3.05) is 18.5 Å². The van der Waals surface area contributed by atoms with Crippen molar-refractivity contribution in [3.05, 3.63) is 75.3 Å². The molecular formula is C23H20FN3O4S. The molecule has 0 spiro atoms. The number of benzene rings is 2. The van der Waals surface area contributed by atoms with Crippen LogP contribution < -0.4 is 20.3 Å². The maximum absolute atomic E-state index is 14.0. The second-order valence-electron chi connectivity index (χ2n) is 7.61. The van der Waals surface area contributed by atoms with Crippen LogP contribution in [-0.2, 0) is 17.6 Å². The number of nitrogens with one attached hydrogen (secondary N) is 1. The molecule has 1 N–H and O–H groups in total. The quantitative estimate of drug-likeness (QED) is 0.481. The Morgan fingerprint density at radius 2 is 1.94 bits per heavy atom. The number of halogens is 1. The summed E-state index contributed by atoms with van der Waals surface area (Å²) in [4.78, 5) is 29.9. The predicted molar refractivity (Wildman–Crippen MR) is 118 cm³/mol. The lowest BCUT2D eigenvalue weighted by atomic mass is 9.86. The van der Waals surface area contributed by atoms with E-state index in [0.717, 1.165) is 5.56 Å².